The molecule has 0 bridgehead atoms. The van der Waals surface area contributed by atoms with Gasteiger partial charge >= 0.3 is 0 Å². The van der Waals surface area contributed by atoms with Crippen LogP contribution in [0.25, 0.3) is 0 Å². The minimum atomic E-state index is 0.102. The summed E-state index contributed by atoms with van der Waals surface area (Å²) in [6.07, 6.45) is 5.90. The maximum atomic E-state index is 5.64. The van der Waals surface area contributed by atoms with E-state index in [1.807, 2.05) is 0 Å². The molecule has 5 heteroatoms. The van der Waals surface area contributed by atoms with Gasteiger partial charge in [0, 0.05) is 45.9 Å². The number of methoxy groups -OCH3 is 1. The monoisotopic (exact) mass is 322 g/mol. The molecule has 1 fully saturated rings. The Hall–Kier alpha value is -1.07. The Morgan fingerprint density at radius 1 is 1.35 bits per heavy atom. The van der Waals surface area contributed by atoms with E-state index in [1.54, 1.807) is 7.11 Å². The smallest absolute Gasteiger partial charge is 0.194 e. The lowest BCUT2D eigenvalue weighted by molar-refractivity contribution is 0.0240. The summed E-state index contributed by atoms with van der Waals surface area (Å²) >= 11 is 0. The number of nitrogens with one attached hydrogen (secondary N) is 1. The van der Waals surface area contributed by atoms with Crippen molar-refractivity contribution in [2.24, 2.45) is 10.4 Å². The third-order valence-corrected chi connectivity index (χ3v) is 4.82. The van der Waals surface area contributed by atoms with Crippen molar-refractivity contribution >= 4 is 5.96 Å². The minimum absolute atomic E-state index is 0.102. The molecule has 2 rings (SSSR count). The summed E-state index contributed by atoms with van der Waals surface area (Å²) in [5.41, 5.74) is 0.102. The van der Waals surface area contributed by atoms with E-state index < -0.39 is 0 Å². The number of ether oxygens (including phenoxy) is 1. The number of nitrogens with zero attached hydrogens (tertiary/aromatic N) is 3. The Kier molecular flexibility index (Phi) is 6.48. The lowest BCUT2D eigenvalue weighted by Gasteiger charge is -2.29. The molecule has 0 aromatic carbocycles. The van der Waals surface area contributed by atoms with Gasteiger partial charge < -0.3 is 15.0 Å². The normalized spacial score (nSPS) is 24.5. The molecule has 0 aromatic rings. The van der Waals surface area contributed by atoms with Crippen molar-refractivity contribution in [2.45, 2.75) is 46.3 Å². The van der Waals surface area contributed by atoms with Crippen LogP contribution in [0.15, 0.2) is 17.1 Å². The summed E-state index contributed by atoms with van der Waals surface area (Å²) in [5, 5.41) is 3.45. The lowest BCUT2D eigenvalue weighted by atomic mass is 9.89. The van der Waals surface area contributed by atoms with Gasteiger partial charge in [-0.25, -0.2) is 0 Å². The number of likely N-dealkylation sites (tertiary alicyclic amines) is 1. The molecule has 0 aromatic heterocycles. The number of rotatable bonds is 5. The van der Waals surface area contributed by atoms with E-state index in [-0.39, 0.29) is 11.5 Å². The molecule has 0 aliphatic carbocycles. The lowest BCUT2D eigenvalue weighted by Crippen LogP contribution is -2.43. The molecule has 1 N–H and O–H groups in total. The fourth-order valence-electron chi connectivity index (χ4n) is 3.32. The highest BCUT2D eigenvalue weighted by atomic mass is 16.5. The second-order valence-corrected chi connectivity index (χ2v) is 7.60. The Balaban J connectivity index is 1.96. The Labute approximate surface area is 141 Å². The van der Waals surface area contributed by atoms with E-state index in [0.717, 1.165) is 38.7 Å². The number of guanidine groups is 1. The van der Waals surface area contributed by atoms with Crippen LogP contribution in [-0.2, 0) is 4.74 Å². The fourth-order valence-corrected chi connectivity index (χ4v) is 3.32. The SMILES string of the molecule is CCNC(=NCC(OC)C(C)(C)C)N1CCC(N2CC=CC2)C1. The van der Waals surface area contributed by atoms with Crippen LogP contribution in [0.2, 0.25) is 0 Å². The van der Waals surface area contributed by atoms with Crippen LogP contribution in [0.5, 0.6) is 0 Å². The van der Waals surface area contributed by atoms with Crippen LogP contribution < -0.4 is 5.32 Å². The van der Waals surface area contributed by atoms with Gasteiger partial charge in [0.25, 0.3) is 0 Å². The molecule has 2 heterocycles. The summed E-state index contributed by atoms with van der Waals surface area (Å²) in [7, 11) is 1.78. The van der Waals surface area contributed by atoms with E-state index in [9.17, 15) is 0 Å². The highest BCUT2D eigenvalue weighted by Crippen LogP contribution is 2.22. The Morgan fingerprint density at radius 2 is 2.04 bits per heavy atom. The third kappa shape index (κ3) is 4.95. The zero-order valence-corrected chi connectivity index (χ0v) is 15.5. The van der Waals surface area contributed by atoms with Crippen LogP contribution in [0, 0.1) is 5.41 Å². The molecule has 0 spiro atoms. The van der Waals surface area contributed by atoms with E-state index >= 15 is 0 Å². The molecule has 0 radical (unpaired) electrons. The van der Waals surface area contributed by atoms with Crippen LogP contribution in [0.4, 0.5) is 0 Å². The highest BCUT2D eigenvalue weighted by molar-refractivity contribution is 5.80. The maximum absolute atomic E-state index is 5.64. The van der Waals surface area contributed by atoms with Crippen molar-refractivity contribution < 1.29 is 4.74 Å². The summed E-state index contributed by atoms with van der Waals surface area (Å²) in [4.78, 5) is 9.82. The van der Waals surface area contributed by atoms with Crippen molar-refractivity contribution in [1.82, 2.24) is 15.1 Å². The third-order valence-electron chi connectivity index (χ3n) is 4.82. The van der Waals surface area contributed by atoms with Crippen molar-refractivity contribution in [3.63, 3.8) is 0 Å². The van der Waals surface area contributed by atoms with Crippen LogP contribution in [-0.4, -0.2) is 74.3 Å². The number of hydrogen-bond donors (Lipinski definition) is 1. The average molecular weight is 322 g/mol. The predicted octanol–water partition coefficient (Wildman–Crippen LogP) is 1.96. The topological polar surface area (TPSA) is 40.1 Å². The van der Waals surface area contributed by atoms with Gasteiger partial charge in [0.05, 0.1) is 12.6 Å². The quantitative estimate of drug-likeness (QED) is 0.477. The first-order valence-electron chi connectivity index (χ1n) is 8.90. The van der Waals surface area contributed by atoms with E-state index in [0.29, 0.717) is 12.6 Å². The van der Waals surface area contributed by atoms with Crippen molar-refractivity contribution in [2.75, 3.05) is 46.4 Å². The van der Waals surface area contributed by atoms with Gasteiger partial charge in [0.2, 0.25) is 0 Å². The molecule has 23 heavy (non-hydrogen) atoms. The van der Waals surface area contributed by atoms with E-state index in [4.69, 9.17) is 9.73 Å². The molecule has 2 unspecified atom stereocenters. The molecule has 1 saturated heterocycles. The van der Waals surface area contributed by atoms with Crippen LogP contribution in [0.1, 0.15) is 34.1 Å². The van der Waals surface area contributed by atoms with Gasteiger partial charge in [0.1, 0.15) is 0 Å². The summed E-state index contributed by atoms with van der Waals surface area (Å²) in [5.74, 6) is 1.04. The first kappa shape index (κ1) is 18.3. The molecule has 2 atom stereocenters. The Morgan fingerprint density at radius 3 is 2.61 bits per heavy atom. The molecular formula is C18H34N4O. The maximum Gasteiger partial charge on any atom is 0.194 e. The Bertz CT molecular complexity index is 419. The summed E-state index contributed by atoms with van der Waals surface area (Å²) < 4.78 is 5.64. The van der Waals surface area contributed by atoms with Gasteiger partial charge in [-0.15, -0.1) is 0 Å². The zero-order valence-electron chi connectivity index (χ0n) is 15.5. The second-order valence-electron chi connectivity index (χ2n) is 7.60. The largest absolute Gasteiger partial charge is 0.379 e. The standard InChI is InChI=1S/C18H34N4O/c1-6-19-17(20-13-16(23-5)18(2,3)4)22-12-9-15(14-22)21-10-7-8-11-21/h7-8,15-16H,6,9-14H2,1-5H3,(H,19,20). The van der Waals surface area contributed by atoms with Gasteiger partial charge in [0.15, 0.2) is 5.96 Å². The molecule has 0 amide bonds. The fraction of sp³-hybridized carbons (Fsp3) is 0.833. The minimum Gasteiger partial charge on any atom is -0.379 e. The number of aliphatic imine (C=N–C) groups is 1. The molecule has 0 saturated carbocycles. The van der Waals surface area contributed by atoms with Gasteiger partial charge in [-0.1, -0.05) is 32.9 Å². The van der Waals surface area contributed by atoms with Crippen molar-refractivity contribution in [3.05, 3.63) is 12.2 Å². The molecular weight excluding hydrogens is 288 g/mol. The number of hydrogen-bond acceptors (Lipinski definition) is 3. The predicted molar refractivity (Wildman–Crippen MR) is 96.9 cm³/mol. The zero-order chi connectivity index (χ0) is 16.9. The first-order chi connectivity index (χ1) is 11.0. The van der Waals surface area contributed by atoms with Crippen LogP contribution >= 0.6 is 0 Å². The van der Waals surface area contributed by atoms with Gasteiger partial charge in [-0.05, 0) is 18.8 Å². The molecule has 2 aliphatic rings. The molecule has 132 valence electrons. The molecule has 2 aliphatic heterocycles. The average Bonchev–Trinajstić information content (AvgIpc) is 3.16. The van der Waals surface area contributed by atoms with Gasteiger partial charge in [-0.3, -0.25) is 9.89 Å². The molecule has 5 nitrogen and oxygen atoms in total. The van der Waals surface area contributed by atoms with Crippen molar-refractivity contribution in [1.29, 1.82) is 0 Å². The first-order valence-corrected chi connectivity index (χ1v) is 8.90. The second kappa shape index (κ2) is 8.15. The van der Waals surface area contributed by atoms with Crippen LogP contribution in [0.3, 0.4) is 0 Å². The summed E-state index contributed by atoms with van der Waals surface area (Å²) in [6, 6.07) is 0.648. The van der Waals surface area contributed by atoms with E-state index in [1.165, 1.54) is 6.42 Å². The van der Waals surface area contributed by atoms with E-state index in [2.05, 4.69) is 55.0 Å². The van der Waals surface area contributed by atoms with Crippen molar-refractivity contribution in [3.8, 4) is 0 Å². The van der Waals surface area contributed by atoms with Gasteiger partial charge in [-0.2, -0.15) is 0 Å². The highest BCUT2D eigenvalue weighted by Gasteiger charge is 2.30. The summed E-state index contributed by atoms with van der Waals surface area (Å²) in [6.45, 7) is 14.7.